The summed E-state index contributed by atoms with van der Waals surface area (Å²) >= 11 is 1.57. The van der Waals surface area contributed by atoms with Crippen molar-refractivity contribution in [2.24, 2.45) is 0 Å². The van der Waals surface area contributed by atoms with Gasteiger partial charge in [0, 0.05) is 47.7 Å². The van der Waals surface area contributed by atoms with E-state index >= 15 is 0 Å². The van der Waals surface area contributed by atoms with Crippen LogP contribution in [0.3, 0.4) is 0 Å². The molecule has 0 spiro atoms. The lowest BCUT2D eigenvalue weighted by Gasteiger charge is -2.16. The Morgan fingerprint density at radius 1 is 1.06 bits per heavy atom. The van der Waals surface area contributed by atoms with Crippen LogP contribution in [0.15, 0.2) is 71.2 Å². The highest BCUT2D eigenvalue weighted by molar-refractivity contribution is 7.89. The van der Waals surface area contributed by atoms with Gasteiger partial charge in [0.25, 0.3) is 5.91 Å². The lowest BCUT2D eigenvalue weighted by molar-refractivity contribution is 0.102. The van der Waals surface area contributed by atoms with Crippen molar-refractivity contribution >= 4 is 37.9 Å². The third kappa shape index (κ3) is 3.87. The molecule has 31 heavy (non-hydrogen) atoms. The zero-order valence-electron chi connectivity index (χ0n) is 16.6. The molecule has 1 aliphatic heterocycles. The summed E-state index contributed by atoms with van der Waals surface area (Å²) < 4.78 is 29.0. The molecule has 158 valence electrons. The number of carbonyl (C=O) groups is 1. The van der Waals surface area contributed by atoms with Gasteiger partial charge >= 0.3 is 0 Å². The van der Waals surface area contributed by atoms with E-state index in [9.17, 15) is 13.2 Å². The van der Waals surface area contributed by atoms with E-state index in [2.05, 4.69) is 10.3 Å². The van der Waals surface area contributed by atoms with Crippen LogP contribution < -0.4 is 5.32 Å². The predicted molar refractivity (Wildman–Crippen MR) is 121 cm³/mol. The van der Waals surface area contributed by atoms with E-state index in [0.29, 0.717) is 24.3 Å². The standard InChI is InChI=1S/C22H20N4O3S2/c27-21(17-4-3-5-19(14-17)31(28,29)26-10-1-2-11-26)23-18-8-6-16(7-9-18)20-15-25-12-13-30-22(25)24-20/h3-9,12-15H,1-2,10-11H2,(H,23,27). The average molecular weight is 453 g/mol. The molecule has 1 N–H and O–H groups in total. The molecule has 0 unspecified atom stereocenters. The minimum Gasteiger partial charge on any atom is -0.322 e. The van der Waals surface area contributed by atoms with E-state index in [4.69, 9.17) is 0 Å². The fourth-order valence-electron chi connectivity index (χ4n) is 3.67. The number of hydrogen-bond donors (Lipinski definition) is 1. The molecule has 2 aromatic carbocycles. The predicted octanol–water partition coefficient (Wildman–Crippen LogP) is 4.10. The lowest BCUT2D eigenvalue weighted by atomic mass is 10.1. The number of sulfonamides is 1. The van der Waals surface area contributed by atoms with Crippen molar-refractivity contribution in [2.45, 2.75) is 17.7 Å². The Hall–Kier alpha value is -3.01. The minimum atomic E-state index is -3.56. The number of benzene rings is 2. The molecule has 1 saturated heterocycles. The number of nitrogens with zero attached hydrogens (tertiary/aromatic N) is 3. The zero-order chi connectivity index (χ0) is 21.4. The van der Waals surface area contributed by atoms with Crippen LogP contribution in [0, 0.1) is 0 Å². The summed E-state index contributed by atoms with van der Waals surface area (Å²) in [6, 6.07) is 13.6. The van der Waals surface area contributed by atoms with Crippen LogP contribution in [0.1, 0.15) is 23.2 Å². The molecule has 5 rings (SSSR count). The second-order valence-corrected chi connectivity index (χ2v) is 10.2. The summed E-state index contributed by atoms with van der Waals surface area (Å²) in [6.45, 7) is 1.06. The summed E-state index contributed by atoms with van der Waals surface area (Å²) in [7, 11) is -3.56. The molecule has 0 bridgehead atoms. The highest BCUT2D eigenvalue weighted by atomic mass is 32.2. The van der Waals surface area contributed by atoms with Gasteiger partial charge in [-0.05, 0) is 43.2 Å². The van der Waals surface area contributed by atoms with Gasteiger partial charge in [0.05, 0.1) is 10.6 Å². The van der Waals surface area contributed by atoms with Crippen molar-refractivity contribution in [1.29, 1.82) is 0 Å². The van der Waals surface area contributed by atoms with Crippen LogP contribution >= 0.6 is 11.3 Å². The Morgan fingerprint density at radius 3 is 2.58 bits per heavy atom. The molecular formula is C22H20N4O3S2. The average Bonchev–Trinajstić information content (AvgIpc) is 3.52. The Labute approximate surface area is 184 Å². The van der Waals surface area contributed by atoms with Crippen LogP contribution in [0.2, 0.25) is 0 Å². The number of nitrogens with one attached hydrogen (secondary N) is 1. The molecule has 4 aromatic rings. The number of rotatable bonds is 5. The summed E-state index contributed by atoms with van der Waals surface area (Å²) in [5, 5.41) is 4.82. The van der Waals surface area contributed by atoms with Gasteiger partial charge in [0.2, 0.25) is 10.0 Å². The van der Waals surface area contributed by atoms with Gasteiger partial charge in [-0.15, -0.1) is 11.3 Å². The summed E-state index contributed by atoms with van der Waals surface area (Å²) in [5.74, 6) is -0.353. The molecule has 1 fully saturated rings. The number of hydrogen-bond acceptors (Lipinski definition) is 5. The molecule has 1 aliphatic rings. The third-order valence-corrected chi connectivity index (χ3v) is 8.00. The van der Waals surface area contributed by atoms with Gasteiger partial charge in [-0.2, -0.15) is 4.31 Å². The third-order valence-electron chi connectivity index (χ3n) is 5.33. The molecule has 0 saturated carbocycles. The largest absolute Gasteiger partial charge is 0.322 e. The van der Waals surface area contributed by atoms with Crippen molar-refractivity contribution < 1.29 is 13.2 Å². The van der Waals surface area contributed by atoms with Crippen molar-refractivity contribution in [1.82, 2.24) is 13.7 Å². The number of thiazole rings is 1. The second kappa shape index (κ2) is 7.92. The van der Waals surface area contributed by atoms with Crippen molar-refractivity contribution in [3.05, 3.63) is 71.9 Å². The highest BCUT2D eigenvalue weighted by Crippen LogP contribution is 2.24. The number of amides is 1. The van der Waals surface area contributed by atoms with Gasteiger partial charge < -0.3 is 5.32 Å². The summed E-state index contributed by atoms with van der Waals surface area (Å²) in [4.78, 5) is 18.4. The summed E-state index contributed by atoms with van der Waals surface area (Å²) in [6.07, 6.45) is 5.66. The first-order valence-electron chi connectivity index (χ1n) is 9.95. The van der Waals surface area contributed by atoms with Crippen molar-refractivity contribution in [3.8, 4) is 11.3 Å². The van der Waals surface area contributed by atoms with E-state index in [0.717, 1.165) is 29.1 Å². The van der Waals surface area contributed by atoms with Crippen LogP contribution in [0.4, 0.5) is 5.69 Å². The van der Waals surface area contributed by atoms with E-state index in [1.54, 1.807) is 23.5 Å². The normalized spacial score (nSPS) is 14.8. The molecule has 2 aromatic heterocycles. The topological polar surface area (TPSA) is 83.8 Å². The molecular weight excluding hydrogens is 432 g/mol. The zero-order valence-corrected chi connectivity index (χ0v) is 18.2. The van der Waals surface area contributed by atoms with Crippen LogP contribution in [0.25, 0.3) is 16.2 Å². The second-order valence-electron chi connectivity index (χ2n) is 7.39. The Kier molecular flexibility index (Phi) is 5.09. The quantitative estimate of drug-likeness (QED) is 0.494. The Bertz CT molecular complexity index is 1320. The number of fused-ring (bicyclic) bond motifs is 1. The molecule has 3 heterocycles. The monoisotopic (exact) mass is 452 g/mol. The van der Waals surface area contributed by atoms with Gasteiger partial charge in [0.15, 0.2) is 4.96 Å². The first-order valence-corrected chi connectivity index (χ1v) is 12.3. The number of anilines is 1. The Morgan fingerprint density at radius 2 is 1.84 bits per heavy atom. The van der Waals surface area contributed by atoms with E-state index < -0.39 is 10.0 Å². The molecule has 9 heteroatoms. The molecule has 7 nitrogen and oxygen atoms in total. The summed E-state index contributed by atoms with van der Waals surface area (Å²) in [5.41, 5.74) is 2.75. The first kappa shape index (κ1) is 19.9. The lowest BCUT2D eigenvalue weighted by Crippen LogP contribution is -2.28. The van der Waals surface area contributed by atoms with E-state index in [1.165, 1.54) is 16.4 Å². The van der Waals surface area contributed by atoms with Gasteiger partial charge in [0.1, 0.15) is 0 Å². The van der Waals surface area contributed by atoms with Gasteiger partial charge in [-0.25, -0.2) is 13.4 Å². The van der Waals surface area contributed by atoms with Crippen LogP contribution in [-0.4, -0.2) is 41.1 Å². The molecule has 1 amide bonds. The maximum Gasteiger partial charge on any atom is 0.255 e. The van der Waals surface area contributed by atoms with E-state index in [-0.39, 0.29) is 10.8 Å². The number of carbonyl (C=O) groups excluding carboxylic acids is 1. The number of imidazole rings is 1. The molecule has 0 atom stereocenters. The SMILES string of the molecule is O=C(Nc1ccc(-c2cn3ccsc3n2)cc1)c1cccc(S(=O)(=O)N2CCCC2)c1. The van der Waals surface area contributed by atoms with Gasteiger partial charge in [-0.3, -0.25) is 9.20 Å². The molecule has 0 radical (unpaired) electrons. The van der Waals surface area contributed by atoms with Gasteiger partial charge in [-0.1, -0.05) is 18.2 Å². The minimum absolute atomic E-state index is 0.150. The number of aromatic nitrogens is 2. The fourth-order valence-corrected chi connectivity index (χ4v) is 5.93. The van der Waals surface area contributed by atoms with Crippen molar-refractivity contribution in [2.75, 3.05) is 18.4 Å². The van der Waals surface area contributed by atoms with Crippen molar-refractivity contribution in [3.63, 3.8) is 0 Å². The molecule has 0 aliphatic carbocycles. The van der Waals surface area contributed by atoms with Crippen LogP contribution in [-0.2, 0) is 10.0 Å². The maximum absolute atomic E-state index is 12.8. The first-order chi connectivity index (χ1) is 15.0. The Balaban J connectivity index is 1.32. The maximum atomic E-state index is 12.8. The highest BCUT2D eigenvalue weighted by Gasteiger charge is 2.27. The fraction of sp³-hybridized carbons (Fsp3) is 0.182. The van der Waals surface area contributed by atoms with Crippen LogP contribution in [0.5, 0.6) is 0 Å². The van der Waals surface area contributed by atoms with E-state index in [1.807, 2.05) is 46.4 Å². The smallest absolute Gasteiger partial charge is 0.255 e.